The van der Waals surface area contributed by atoms with Crippen LogP contribution < -0.4 is 0 Å². The Morgan fingerprint density at radius 3 is 1.89 bits per heavy atom. The van der Waals surface area contributed by atoms with Crippen LogP contribution in [-0.2, 0) is 16.5 Å². The van der Waals surface area contributed by atoms with E-state index in [9.17, 15) is 0 Å². The van der Waals surface area contributed by atoms with Crippen LogP contribution in [0, 0.1) is 50.7 Å². The van der Waals surface area contributed by atoms with E-state index in [1.165, 1.54) is 0 Å². The van der Waals surface area contributed by atoms with E-state index < -0.39 is 50.3 Å². The maximum Gasteiger partial charge on any atom is 0.320 e. The van der Waals surface area contributed by atoms with Gasteiger partial charge in [-0.3, -0.25) is 0 Å². The molecule has 0 spiro atoms. The highest BCUT2D eigenvalue weighted by molar-refractivity contribution is 6.61. The van der Waals surface area contributed by atoms with E-state index in [0.29, 0.717) is 0 Å². The van der Waals surface area contributed by atoms with Crippen molar-refractivity contribution < 1.29 is 16.5 Å². The van der Waals surface area contributed by atoms with E-state index in [4.69, 9.17) is 37.5 Å². The molecular formula is C7H10N4O4Si4. The lowest BCUT2D eigenvalue weighted by molar-refractivity contribution is 0.319. The summed E-state index contributed by atoms with van der Waals surface area (Å²) in [6.45, 7) is 0. The standard InChI is InChI=1S/C7H10N4O4Si4/c8-2-6(1-7(3-9,4-10)5-11)19-14-17-12-16-13-18-15-19/h6,19H,1,16-18H2. The minimum Gasteiger partial charge on any atom is -0.425 e. The smallest absolute Gasteiger partial charge is 0.320 e. The maximum absolute atomic E-state index is 9.14. The minimum atomic E-state index is -2.38. The summed E-state index contributed by atoms with van der Waals surface area (Å²) in [6.07, 6.45) is -0.190. The molecule has 0 amide bonds. The molecule has 1 unspecified atom stereocenters. The molecule has 1 rings (SSSR count). The largest absolute Gasteiger partial charge is 0.425 e. The lowest BCUT2D eigenvalue weighted by Crippen LogP contribution is -2.38. The summed E-state index contributed by atoms with van der Waals surface area (Å²) in [5.74, 6) is 0. The van der Waals surface area contributed by atoms with Crippen LogP contribution >= 0.6 is 0 Å². The first-order valence-electron chi connectivity index (χ1n) is 5.23. The quantitative estimate of drug-likeness (QED) is 0.505. The van der Waals surface area contributed by atoms with E-state index in [1.54, 1.807) is 18.2 Å². The highest BCUT2D eigenvalue weighted by Gasteiger charge is 2.39. The molecule has 19 heavy (non-hydrogen) atoms. The number of nitrogens with zero attached hydrogens (tertiary/aromatic N) is 4. The Morgan fingerprint density at radius 2 is 1.47 bits per heavy atom. The first-order chi connectivity index (χ1) is 9.21. The van der Waals surface area contributed by atoms with Gasteiger partial charge in [-0.25, -0.2) is 0 Å². The van der Waals surface area contributed by atoms with Crippen LogP contribution in [0.2, 0.25) is 5.54 Å². The zero-order valence-electron chi connectivity index (χ0n) is 9.90. The van der Waals surface area contributed by atoms with Gasteiger partial charge in [0.25, 0.3) is 30.0 Å². The first-order valence-corrected chi connectivity index (χ1v) is 10.3. The zero-order chi connectivity index (χ0) is 14.1. The number of rotatable bonds is 3. The van der Waals surface area contributed by atoms with E-state index in [1.807, 2.05) is 6.07 Å². The van der Waals surface area contributed by atoms with Crippen molar-refractivity contribution in [3.05, 3.63) is 0 Å². The summed E-state index contributed by atoms with van der Waals surface area (Å²) >= 11 is 0. The normalized spacial score (nSPS) is 25.4. The van der Waals surface area contributed by atoms with Gasteiger partial charge in [0.2, 0.25) is 5.41 Å². The second-order valence-corrected chi connectivity index (χ2v) is 11.8. The fraction of sp³-hybridized carbons (Fsp3) is 0.429. The highest BCUT2D eigenvalue weighted by atomic mass is 28.4. The second-order valence-electron chi connectivity index (χ2n) is 3.64. The summed E-state index contributed by atoms with van der Waals surface area (Å²) in [5.41, 5.74) is -2.58. The molecule has 0 aromatic heterocycles. The summed E-state index contributed by atoms with van der Waals surface area (Å²) < 4.78 is 21.4. The molecule has 1 aliphatic rings. The molecule has 0 N–H and O–H groups in total. The first kappa shape index (κ1) is 15.7. The summed E-state index contributed by atoms with van der Waals surface area (Å²) in [4.78, 5) is 0. The van der Waals surface area contributed by atoms with Crippen molar-refractivity contribution in [2.24, 2.45) is 5.41 Å². The fourth-order valence-electron chi connectivity index (χ4n) is 1.38. The molecule has 1 heterocycles. The third kappa shape index (κ3) is 4.36. The summed E-state index contributed by atoms with van der Waals surface area (Å²) in [7, 11) is -5.82. The minimum absolute atomic E-state index is 0.190. The zero-order valence-corrected chi connectivity index (χ0v) is 15.3. The summed E-state index contributed by atoms with van der Waals surface area (Å²) in [5, 5.41) is 35.9. The van der Waals surface area contributed by atoms with Crippen molar-refractivity contribution in [2.75, 3.05) is 0 Å². The molecule has 1 saturated heterocycles. The lowest BCUT2D eigenvalue weighted by Gasteiger charge is -2.25. The van der Waals surface area contributed by atoms with Crippen molar-refractivity contribution in [1.29, 1.82) is 21.0 Å². The Bertz CT molecular complexity index is 433. The van der Waals surface area contributed by atoms with Gasteiger partial charge in [0.05, 0.1) is 11.6 Å². The molecule has 0 aromatic rings. The van der Waals surface area contributed by atoms with Gasteiger partial charge in [-0.2, -0.15) is 21.0 Å². The Morgan fingerprint density at radius 1 is 0.947 bits per heavy atom. The monoisotopic (exact) mass is 326 g/mol. The molecular weight excluding hydrogens is 316 g/mol. The Labute approximate surface area is 119 Å². The second kappa shape index (κ2) is 7.96. The van der Waals surface area contributed by atoms with Gasteiger partial charge in [-0.15, -0.1) is 0 Å². The number of hydrogen-bond acceptors (Lipinski definition) is 8. The number of hydrogen-bond donors (Lipinski definition) is 0. The van der Waals surface area contributed by atoms with Gasteiger partial charge < -0.3 is 16.5 Å². The SMILES string of the molecule is N#CC(CC(C#N)(C#N)C#N)[SiH]1O[SiH2]O[SiH2]O[SiH2]O1. The predicted molar refractivity (Wildman–Crippen MR) is 70.4 cm³/mol. The van der Waals surface area contributed by atoms with E-state index in [0.717, 1.165) is 0 Å². The van der Waals surface area contributed by atoms with Crippen LogP contribution in [0.4, 0.5) is 0 Å². The van der Waals surface area contributed by atoms with Crippen molar-refractivity contribution >= 4 is 39.3 Å². The lowest BCUT2D eigenvalue weighted by atomic mass is 9.88. The molecule has 0 saturated carbocycles. The molecule has 0 bridgehead atoms. The van der Waals surface area contributed by atoms with E-state index >= 15 is 0 Å². The predicted octanol–water partition coefficient (Wildman–Crippen LogP) is -2.88. The molecule has 8 nitrogen and oxygen atoms in total. The third-order valence-corrected chi connectivity index (χ3v) is 9.82. The van der Waals surface area contributed by atoms with Crippen molar-refractivity contribution in [3.63, 3.8) is 0 Å². The Hall–Kier alpha value is -1.33. The highest BCUT2D eigenvalue weighted by Crippen LogP contribution is 2.30. The third-order valence-electron chi connectivity index (χ3n) is 2.39. The Kier molecular flexibility index (Phi) is 6.59. The maximum atomic E-state index is 9.14. The molecule has 0 radical (unpaired) electrons. The van der Waals surface area contributed by atoms with Crippen LogP contribution in [0.25, 0.3) is 0 Å². The molecule has 0 aliphatic carbocycles. The molecule has 98 valence electrons. The molecule has 1 atom stereocenters. The molecule has 1 fully saturated rings. The average molecular weight is 327 g/mol. The van der Waals surface area contributed by atoms with Crippen LogP contribution in [0.5, 0.6) is 0 Å². The fourth-order valence-corrected chi connectivity index (χ4v) is 10.8. The molecule has 1 aliphatic heterocycles. The van der Waals surface area contributed by atoms with Crippen LogP contribution in [0.1, 0.15) is 6.42 Å². The van der Waals surface area contributed by atoms with Crippen molar-refractivity contribution in [3.8, 4) is 24.3 Å². The van der Waals surface area contributed by atoms with Crippen molar-refractivity contribution in [1.82, 2.24) is 0 Å². The summed E-state index contributed by atoms with van der Waals surface area (Å²) in [6, 6.07) is 6.94. The van der Waals surface area contributed by atoms with E-state index in [2.05, 4.69) is 0 Å². The average Bonchev–Trinajstić information content (AvgIpc) is 2.42. The van der Waals surface area contributed by atoms with Crippen LogP contribution in [-0.4, -0.2) is 39.3 Å². The van der Waals surface area contributed by atoms with Crippen LogP contribution in [0.15, 0.2) is 0 Å². The Balaban J connectivity index is 2.78. The molecule has 12 heteroatoms. The number of nitriles is 4. The van der Waals surface area contributed by atoms with Crippen LogP contribution in [0.3, 0.4) is 0 Å². The van der Waals surface area contributed by atoms with Gasteiger partial charge in [-0.1, -0.05) is 0 Å². The van der Waals surface area contributed by atoms with Gasteiger partial charge in [-0.05, 0) is 0 Å². The van der Waals surface area contributed by atoms with Crippen molar-refractivity contribution in [2.45, 2.75) is 12.0 Å². The van der Waals surface area contributed by atoms with Gasteiger partial charge in [0.1, 0.15) is 18.2 Å². The molecule has 0 aromatic carbocycles. The van der Waals surface area contributed by atoms with Gasteiger partial charge in [0, 0.05) is 6.42 Å². The van der Waals surface area contributed by atoms with E-state index in [-0.39, 0.29) is 6.42 Å². The van der Waals surface area contributed by atoms with Gasteiger partial charge in [0.15, 0.2) is 0 Å². The van der Waals surface area contributed by atoms with Gasteiger partial charge >= 0.3 is 9.28 Å². The topological polar surface area (TPSA) is 132 Å².